The van der Waals surface area contributed by atoms with Crippen LogP contribution in [0.4, 0.5) is 10.2 Å². The Bertz CT molecular complexity index is 287. The van der Waals surface area contributed by atoms with Gasteiger partial charge in [0.1, 0.15) is 0 Å². The van der Waals surface area contributed by atoms with Crippen molar-refractivity contribution in [3.8, 4) is 0 Å². The predicted octanol–water partition coefficient (Wildman–Crippen LogP) is 1.97. The van der Waals surface area contributed by atoms with Crippen LogP contribution in [0.3, 0.4) is 0 Å². The van der Waals surface area contributed by atoms with Crippen molar-refractivity contribution in [2.75, 3.05) is 31.5 Å². The van der Waals surface area contributed by atoms with Crippen LogP contribution in [0, 0.1) is 5.82 Å². The van der Waals surface area contributed by atoms with E-state index in [9.17, 15) is 4.39 Å². The largest absolute Gasteiger partial charge is 0.366 e. The number of nitrogens with zero attached hydrogens (tertiary/aromatic N) is 2. The molecule has 0 saturated heterocycles. The van der Waals surface area contributed by atoms with Gasteiger partial charge in [-0.1, -0.05) is 13.8 Å². The molecule has 0 spiro atoms. The van der Waals surface area contributed by atoms with Gasteiger partial charge in [-0.05, 0) is 25.2 Å². The van der Waals surface area contributed by atoms with E-state index >= 15 is 0 Å². The molecule has 4 heteroatoms. The second kappa shape index (κ2) is 6.35. The summed E-state index contributed by atoms with van der Waals surface area (Å²) in [4.78, 5) is 6.19. The Kier molecular flexibility index (Phi) is 5.04. The van der Waals surface area contributed by atoms with Crippen molar-refractivity contribution in [3.05, 3.63) is 24.1 Å². The quantitative estimate of drug-likeness (QED) is 0.779. The fourth-order valence-corrected chi connectivity index (χ4v) is 1.39. The maximum absolute atomic E-state index is 13.1. The maximum atomic E-state index is 13.1. The summed E-state index contributed by atoms with van der Waals surface area (Å²) in [6.45, 7) is 7.89. The van der Waals surface area contributed by atoms with Crippen LogP contribution in [0.2, 0.25) is 0 Å². The smallest absolute Gasteiger partial charge is 0.165 e. The zero-order chi connectivity index (χ0) is 11.1. The first-order valence-electron chi connectivity index (χ1n) is 5.34. The fourth-order valence-electron chi connectivity index (χ4n) is 1.39. The molecule has 0 radical (unpaired) electrons. The highest BCUT2D eigenvalue weighted by atomic mass is 19.1. The highest BCUT2D eigenvalue weighted by Gasteiger charge is 2.02. The van der Waals surface area contributed by atoms with Gasteiger partial charge in [-0.2, -0.15) is 0 Å². The molecule has 0 aliphatic heterocycles. The van der Waals surface area contributed by atoms with Gasteiger partial charge in [0.05, 0.1) is 0 Å². The molecule has 1 heterocycles. The Morgan fingerprint density at radius 2 is 2.13 bits per heavy atom. The summed E-state index contributed by atoms with van der Waals surface area (Å²) >= 11 is 0. The highest BCUT2D eigenvalue weighted by molar-refractivity contribution is 5.35. The molecule has 3 nitrogen and oxygen atoms in total. The average Bonchev–Trinajstić information content (AvgIpc) is 2.27. The molecule has 1 aromatic rings. The van der Waals surface area contributed by atoms with E-state index in [1.54, 1.807) is 12.3 Å². The molecule has 0 bridgehead atoms. The van der Waals surface area contributed by atoms with E-state index in [2.05, 4.69) is 29.0 Å². The van der Waals surface area contributed by atoms with E-state index in [0.717, 1.165) is 26.2 Å². The van der Waals surface area contributed by atoms with Crippen molar-refractivity contribution in [2.45, 2.75) is 13.8 Å². The number of halogens is 1. The maximum Gasteiger partial charge on any atom is 0.165 e. The lowest BCUT2D eigenvalue weighted by Crippen LogP contribution is -2.28. The van der Waals surface area contributed by atoms with Gasteiger partial charge in [0.25, 0.3) is 0 Å². The van der Waals surface area contributed by atoms with Gasteiger partial charge in [0.2, 0.25) is 0 Å². The van der Waals surface area contributed by atoms with Crippen LogP contribution in [0.1, 0.15) is 13.8 Å². The van der Waals surface area contributed by atoms with Crippen LogP contribution >= 0.6 is 0 Å². The third-order valence-corrected chi connectivity index (χ3v) is 2.37. The summed E-state index contributed by atoms with van der Waals surface area (Å²) in [6.07, 6.45) is 1.59. The highest BCUT2D eigenvalue weighted by Crippen LogP contribution is 2.07. The molecular weight excluding hydrogens is 193 g/mol. The summed E-state index contributed by atoms with van der Waals surface area (Å²) in [5.74, 6) is 0.0432. The summed E-state index contributed by atoms with van der Waals surface area (Å²) in [7, 11) is 0. The van der Waals surface area contributed by atoms with E-state index in [1.807, 2.05) is 0 Å². The number of rotatable bonds is 6. The minimum Gasteiger partial charge on any atom is -0.366 e. The fraction of sp³-hybridized carbons (Fsp3) is 0.545. The molecule has 84 valence electrons. The number of likely N-dealkylation sites (N-methyl/N-ethyl adjacent to an activating group) is 1. The SMILES string of the molecule is CCN(CC)CCNc1ncccc1F. The van der Waals surface area contributed by atoms with Gasteiger partial charge in [0.15, 0.2) is 11.6 Å². The number of nitrogens with one attached hydrogen (secondary N) is 1. The van der Waals surface area contributed by atoms with E-state index < -0.39 is 0 Å². The lowest BCUT2D eigenvalue weighted by atomic mass is 10.4. The summed E-state index contributed by atoms with van der Waals surface area (Å²) in [5.41, 5.74) is 0. The van der Waals surface area contributed by atoms with E-state index in [-0.39, 0.29) is 5.82 Å². The Hall–Kier alpha value is -1.16. The second-order valence-corrected chi connectivity index (χ2v) is 3.29. The first kappa shape index (κ1) is 11.9. The minimum absolute atomic E-state index is 0.294. The van der Waals surface area contributed by atoms with Crippen LogP contribution in [-0.4, -0.2) is 36.1 Å². The molecule has 0 aliphatic carbocycles. The van der Waals surface area contributed by atoms with Gasteiger partial charge < -0.3 is 10.2 Å². The van der Waals surface area contributed by atoms with Crippen molar-refractivity contribution >= 4 is 5.82 Å². The van der Waals surface area contributed by atoms with Crippen LogP contribution in [0.5, 0.6) is 0 Å². The number of aromatic nitrogens is 1. The van der Waals surface area contributed by atoms with Crippen LogP contribution < -0.4 is 5.32 Å². The number of pyridine rings is 1. The minimum atomic E-state index is -0.294. The third kappa shape index (κ3) is 3.83. The van der Waals surface area contributed by atoms with Crippen molar-refractivity contribution < 1.29 is 4.39 Å². The summed E-state index contributed by atoms with van der Waals surface area (Å²) in [6, 6.07) is 3.00. The molecular formula is C11H18FN3. The van der Waals surface area contributed by atoms with Gasteiger partial charge in [-0.3, -0.25) is 0 Å². The lowest BCUT2D eigenvalue weighted by molar-refractivity contribution is 0.315. The zero-order valence-electron chi connectivity index (χ0n) is 9.33. The van der Waals surface area contributed by atoms with Gasteiger partial charge in [-0.25, -0.2) is 9.37 Å². The van der Waals surface area contributed by atoms with Crippen molar-refractivity contribution in [1.82, 2.24) is 9.88 Å². The molecule has 0 fully saturated rings. The third-order valence-electron chi connectivity index (χ3n) is 2.37. The Labute approximate surface area is 90.3 Å². The zero-order valence-corrected chi connectivity index (χ0v) is 9.33. The standard InChI is InChI=1S/C11H18FN3/c1-3-15(4-2)9-8-14-11-10(12)6-5-7-13-11/h5-7H,3-4,8-9H2,1-2H3,(H,13,14). The molecule has 1 rings (SSSR count). The molecule has 0 aromatic carbocycles. The molecule has 0 amide bonds. The first-order chi connectivity index (χ1) is 7.27. The molecule has 1 aromatic heterocycles. The van der Waals surface area contributed by atoms with E-state index in [0.29, 0.717) is 5.82 Å². The predicted molar refractivity (Wildman–Crippen MR) is 60.5 cm³/mol. The molecule has 0 atom stereocenters. The van der Waals surface area contributed by atoms with Crippen molar-refractivity contribution in [2.24, 2.45) is 0 Å². The normalized spacial score (nSPS) is 10.7. The van der Waals surface area contributed by atoms with Gasteiger partial charge in [-0.15, -0.1) is 0 Å². The lowest BCUT2D eigenvalue weighted by Gasteiger charge is -2.18. The second-order valence-electron chi connectivity index (χ2n) is 3.29. The summed E-state index contributed by atoms with van der Waals surface area (Å²) < 4.78 is 13.1. The van der Waals surface area contributed by atoms with Crippen LogP contribution in [-0.2, 0) is 0 Å². The molecule has 0 aliphatic rings. The molecule has 1 N–H and O–H groups in total. The number of hydrogen-bond acceptors (Lipinski definition) is 3. The van der Waals surface area contributed by atoms with Crippen LogP contribution in [0.15, 0.2) is 18.3 Å². The Morgan fingerprint density at radius 3 is 2.73 bits per heavy atom. The number of anilines is 1. The molecule has 15 heavy (non-hydrogen) atoms. The van der Waals surface area contributed by atoms with Gasteiger partial charge >= 0.3 is 0 Å². The topological polar surface area (TPSA) is 28.2 Å². The van der Waals surface area contributed by atoms with Crippen LogP contribution in [0.25, 0.3) is 0 Å². The van der Waals surface area contributed by atoms with Crippen molar-refractivity contribution in [1.29, 1.82) is 0 Å². The molecule has 0 saturated carbocycles. The monoisotopic (exact) mass is 211 g/mol. The average molecular weight is 211 g/mol. The van der Waals surface area contributed by atoms with E-state index in [1.165, 1.54) is 6.07 Å². The first-order valence-corrected chi connectivity index (χ1v) is 5.34. The summed E-state index contributed by atoms with van der Waals surface area (Å²) in [5, 5.41) is 2.98. The molecule has 0 unspecified atom stereocenters. The van der Waals surface area contributed by atoms with Gasteiger partial charge in [0, 0.05) is 19.3 Å². The Morgan fingerprint density at radius 1 is 1.40 bits per heavy atom. The van der Waals surface area contributed by atoms with Crippen molar-refractivity contribution in [3.63, 3.8) is 0 Å². The van der Waals surface area contributed by atoms with E-state index in [4.69, 9.17) is 0 Å². The number of hydrogen-bond donors (Lipinski definition) is 1. The Balaban J connectivity index is 2.34.